The number of anilines is 1. The molecule has 0 radical (unpaired) electrons. The molecule has 4 heteroatoms. The summed E-state index contributed by atoms with van der Waals surface area (Å²) in [6, 6.07) is 8.10. The fraction of sp³-hybridized carbons (Fsp3) is 0.500. The van der Waals surface area contributed by atoms with Crippen molar-refractivity contribution >= 4 is 17.5 Å². The molecule has 106 valence electrons. The first kappa shape index (κ1) is 13.2. The third kappa shape index (κ3) is 2.55. The van der Waals surface area contributed by atoms with Crippen molar-refractivity contribution in [1.82, 2.24) is 5.32 Å². The van der Waals surface area contributed by atoms with Gasteiger partial charge in [-0.15, -0.1) is 0 Å². The van der Waals surface area contributed by atoms with Gasteiger partial charge in [0.25, 0.3) is 0 Å². The Bertz CT molecular complexity index is 528. The maximum atomic E-state index is 12.3. The number of hydrogen-bond acceptors (Lipinski definition) is 2. The van der Waals surface area contributed by atoms with E-state index in [2.05, 4.69) is 10.6 Å². The highest BCUT2D eigenvalue weighted by Gasteiger charge is 2.52. The average molecular weight is 272 g/mol. The van der Waals surface area contributed by atoms with Crippen molar-refractivity contribution in [3.8, 4) is 0 Å². The Morgan fingerprint density at radius 3 is 2.35 bits per heavy atom. The fourth-order valence-electron chi connectivity index (χ4n) is 2.45. The Hall–Kier alpha value is -1.84. The molecular weight excluding hydrogens is 252 g/mol. The van der Waals surface area contributed by atoms with Crippen LogP contribution in [0.2, 0.25) is 0 Å². The van der Waals surface area contributed by atoms with Gasteiger partial charge in [-0.05, 0) is 43.4 Å². The Morgan fingerprint density at radius 2 is 1.85 bits per heavy atom. The highest BCUT2D eigenvalue weighted by molar-refractivity contribution is 5.92. The fourth-order valence-corrected chi connectivity index (χ4v) is 2.45. The smallest absolute Gasteiger partial charge is 0.230 e. The minimum absolute atomic E-state index is 0.00496. The van der Waals surface area contributed by atoms with Crippen LogP contribution in [0.25, 0.3) is 0 Å². The van der Waals surface area contributed by atoms with Gasteiger partial charge in [0.2, 0.25) is 11.8 Å². The SMILES string of the molecule is CCC(=O)Nc1ccc(C2(C(=O)NC3CC3)CC2)cc1. The maximum Gasteiger partial charge on any atom is 0.230 e. The molecular formula is C16H20N2O2. The second-order valence-electron chi connectivity index (χ2n) is 5.81. The number of carbonyl (C=O) groups excluding carboxylic acids is 2. The molecule has 0 saturated heterocycles. The van der Waals surface area contributed by atoms with Crippen LogP contribution in [0, 0.1) is 0 Å². The molecule has 2 saturated carbocycles. The van der Waals surface area contributed by atoms with Gasteiger partial charge in [-0.3, -0.25) is 9.59 Å². The molecule has 2 fully saturated rings. The predicted molar refractivity (Wildman–Crippen MR) is 77.4 cm³/mol. The largest absolute Gasteiger partial charge is 0.353 e. The highest BCUT2D eigenvalue weighted by Crippen LogP contribution is 2.49. The Labute approximate surface area is 118 Å². The molecule has 4 nitrogen and oxygen atoms in total. The van der Waals surface area contributed by atoms with Crippen molar-refractivity contribution in [2.75, 3.05) is 5.32 Å². The molecule has 0 aromatic heterocycles. The minimum Gasteiger partial charge on any atom is -0.353 e. The molecule has 2 aliphatic rings. The maximum absolute atomic E-state index is 12.3. The number of rotatable bonds is 5. The van der Waals surface area contributed by atoms with Gasteiger partial charge in [0.05, 0.1) is 5.41 Å². The van der Waals surface area contributed by atoms with Gasteiger partial charge >= 0.3 is 0 Å². The van der Waals surface area contributed by atoms with Crippen molar-refractivity contribution in [2.24, 2.45) is 0 Å². The van der Waals surface area contributed by atoms with Gasteiger partial charge in [0, 0.05) is 18.2 Å². The van der Waals surface area contributed by atoms with E-state index < -0.39 is 0 Å². The van der Waals surface area contributed by atoms with Crippen LogP contribution in [0.4, 0.5) is 5.69 Å². The molecule has 20 heavy (non-hydrogen) atoms. The van der Waals surface area contributed by atoms with Gasteiger partial charge in [-0.25, -0.2) is 0 Å². The first-order valence-electron chi connectivity index (χ1n) is 7.35. The third-order valence-corrected chi connectivity index (χ3v) is 4.14. The monoisotopic (exact) mass is 272 g/mol. The second kappa shape index (κ2) is 4.93. The molecule has 0 bridgehead atoms. The lowest BCUT2D eigenvalue weighted by atomic mass is 9.94. The van der Waals surface area contributed by atoms with Crippen LogP contribution in [0.5, 0.6) is 0 Å². The van der Waals surface area contributed by atoms with Crippen LogP contribution < -0.4 is 10.6 Å². The van der Waals surface area contributed by atoms with Crippen molar-refractivity contribution in [2.45, 2.75) is 50.5 Å². The van der Waals surface area contributed by atoms with Gasteiger partial charge in [-0.2, -0.15) is 0 Å². The van der Waals surface area contributed by atoms with Crippen molar-refractivity contribution in [3.63, 3.8) is 0 Å². The van der Waals surface area contributed by atoms with E-state index in [4.69, 9.17) is 0 Å². The quantitative estimate of drug-likeness (QED) is 0.864. The van der Waals surface area contributed by atoms with Crippen LogP contribution in [-0.4, -0.2) is 17.9 Å². The molecule has 0 spiro atoms. The first-order chi connectivity index (χ1) is 9.64. The zero-order valence-corrected chi connectivity index (χ0v) is 11.7. The van der Waals surface area contributed by atoms with Crippen LogP contribution >= 0.6 is 0 Å². The normalized spacial score (nSPS) is 19.2. The van der Waals surface area contributed by atoms with E-state index >= 15 is 0 Å². The third-order valence-electron chi connectivity index (χ3n) is 4.14. The van der Waals surface area contributed by atoms with Gasteiger partial charge in [-0.1, -0.05) is 19.1 Å². The van der Waals surface area contributed by atoms with Crippen molar-refractivity contribution in [3.05, 3.63) is 29.8 Å². The summed E-state index contributed by atoms with van der Waals surface area (Å²) in [5.74, 6) is 0.177. The second-order valence-corrected chi connectivity index (χ2v) is 5.81. The average Bonchev–Trinajstić information content (AvgIpc) is 3.33. The van der Waals surface area contributed by atoms with Gasteiger partial charge < -0.3 is 10.6 Å². The molecule has 1 aromatic rings. The zero-order valence-electron chi connectivity index (χ0n) is 11.7. The summed E-state index contributed by atoms with van der Waals surface area (Å²) in [5.41, 5.74) is 1.54. The van der Waals surface area contributed by atoms with E-state index in [-0.39, 0.29) is 17.2 Å². The number of benzene rings is 1. The van der Waals surface area contributed by atoms with E-state index in [1.165, 1.54) is 0 Å². The van der Waals surface area contributed by atoms with Crippen LogP contribution in [-0.2, 0) is 15.0 Å². The zero-order chi connectivity index (χ0) is 14.2. The van der Waals surface area contributed by atoms with Crippen molar-refractivity contribution < 1.29 is 9.59 Å². The summed E-state index contributed by atoms with van der Waals surface area (Å²) in [5, 5.41) is 5.93. The Balaban J connectivity index is 1.70. The summed E-state index contributed by atoms with van der Waals surface area (Å²) in [6.07, 6.45) is 4.54. The summed E-state index contributed by atoms with van der Waals surface area (Å²) in [4.78, 5) is 23.6. The molecule has 2 aliphatic carbocycles. The summed E-state index contributed by atoms with van der Waals surface area (Å²) in [6.45, 7) is 1.82. The van der Waals surface area contributed by atoms with Crippen LogP contribution in [0.15, 0.2) is 24.3 Å². The topological polar surface area (TPSA) is 58.2 Å². The summed E-state index contributed by atoms with van der Waals surface area (Å²) in [7, 11) is 0. The van der Waals surface area contributed by atoms with E-state index in [9.17, 15) is 9.59 Å². The standard InChI is InChI=1S/C16H20N2O2/c1-2-14(19)17-12-5-3-11(4-6-12)16(9-10-16)15(20)18-13-7-8-13/h3-6,13H,2,7-10H2,1H3,(H,17,19)(H,18,20). The molecule has 0 atom stereocenters. The van der Waals surface area contributed by atoms with Crippen molar-refractivity contribution in [1.29, 1.82) is 0 Å². The molecule has 2 N–H and O–H groups in total. The molecule has 0 aliphatic heterocycles. The first-order valence-corrected chi connectivity index (χ1v) is 7.35. The van der Waals surface area contributed by atoms with E-state index in [0.717, 1.165) is 36.9 Å². The van der Waals surface area contributed by atoms with Crippen LogP contribution in [0.3, 0.4) is 0 Å². The lowest BCUT2D eigenvalue weighted by Gasteiger charge is -2.16. The molecule has 3 rings (SSSR count). The van der Waals surface area contributed by atoms with Gasteiger partial charge in [0.1, 0.15) is 0 Å². The number of nitrogens with one attached hydrogen (secondary N) is 2. The van der Waals surface area contributed by atoms with E-state index in [1.807, 2.05) is 31.2 Å². The molecule has 0 unspecified atom stereocenters. The molecule has 2 amide bonds. The summed E-state index contributed by atoms with van der Waals surface area (Å²) < 4.78 is 0. The highest BCUT2D eigenvalue weighted by atomic mass is 16.2. The van der Waals surface area contributed by atoms with E-state index in [0.29, 0.717) is 12.5 Å². The number of carbonyl (C=O) groups is 2. The Kier molecular flexibility index (Phi) is 3.24. The molecule has 1 aromatic carbocycles. The Morgan fingerprint density at radius 1 is 1.20 bits per heavy atom. The number of amides is 2. The predicted octanol–water partition coefficient (Wildman–Crippen LogP) is 2.35. The lowest BCUT2D eigenvalue weighted by Crippen LogP contribution is -2.36. The van der Waals surface area contributed by atoms with Crippen LogP contribution in [0.1, 0.15) is 44.6 Å². The number of hydrogen-bond donors (Lipinski definition) is 2. The lowest BCUT2D eigenvalue weighted by molar-refractivity contribution is -0.123. The minimum atomic E-state index is -0.310. The van der Waals surface area contributed by atoms with E-state index in [1.54, 1.807) is 0 Å². The van der Waals surface area contributed by atoms with Gasteiger partial charge in [0.15, 0.2) is 0 Å². The summed E-state index contributed by atoms with van der Waals surface area (Å²) >= 11 is 0. The molecule has 0 heterocycles.